The lowest BCUT2D eigenvalue weighted by atomic mass is 9.77. The Balaban J connectivity index is 2.02. The molecule has 2 aliphatic heterocycles. The molecule has 3 N–H and O–H groups in total. The molecule has 2 unspecified atom stereocenters. The van der Waals surface area contributed by atoms with E-state index in [4.69, 9.17) is 10.5 Å². The predicted molar refractivity (Wildman–Crippen MR) is 94.6 cm³/mol. The molecule has 4 rings (SSSR count). The second-order valence-corrected chi connectivity index (χ2v) is 7.34. The zero-order valence-corrected chi connectivity index (χ0v) is 14.3. The summed E-state index contributed by atoms with van der Waals surface area (Å²) >= 11 is 1.76. The van der Waals surface area contributed by atoms with Crippen LogP contribution in [0.1, 0.15) is 16.1 Å². The van der Waals surface area contributed by atoms with Gasteiger partial charge >= 0.3 is 0 Å². The number of ether oxygens (including phenoxy) is 1. The van der Waals surface area contributed by atoms with Gasteiger partial charge in [0.25, 0.3) is 5.91 Å². The highest BCUT2D eigenvalue weighted by Gasteiger charge is 2.50. The molecule has 1 aromatic heterocycles. The number of nitrogens with zero attached hydrogens (tertiary/aromatic N) is 1. The number of carbonyl (C=O) groups is 1. The number of hydrogen-bond donors (Lipinski definition) is 2. The lowest BCUT2D eigenvalue weighted by Gasteiger charge is -2.40. The smallest absolute Gasteiger partial charge is 0.267 e. The molecule has 0 saturated carbocycles. The van der Waals surface area contributed by atoms with E-state index >= 15 is 4.39 Å². The average molecular weight is 359 g/mol. The molecule has 2 aliphatic rings. The van der Waals surface area contributed by atoms with Gasteiger partial charge in [0.1, 0.15) is 11.5 Å². The molecule has 130 valence electrons. The number of nitrogens with two attached hydrogens (primary N) is 1. The van der Waals surface area contributed by atoms with Crippen LogP contribution in [0.2, 0.25) is 0 Å². The van der Waals surface area contributed by atoms with E-state index in [1.54, 1.807) is 11.8 Å². The van der Waals surface area contributed by atoms with Crippen LogP contribution in [0.4, 0.5) is 4.39 Å². The third-order valence-electron chi connectivity index (χ3n) is 4.93. The standard InChI is InChI=1S/C18H18FN3O2S/c19-13-6-21-16(17(20)23)14(11-4-2-1-3-5-11)15(13)18-9-24-7-12(18)8-25-10-22-18/h1-6,12,22H,7-10H2,(H2,20,23). The normalized spacial score (nSPS) is 25.6. The molecule has 0 aliphatic carbocycles. The lowest BCUT2D eigenvalue weighted by Crippen LogP contribution is -2.53. The van der Waals surface area contributed by atoms with E-state index in [0.29, 0.717) is 30.2 Å². The topological polar surface area (TPSA) is 77.2 Å². The van der Waals surface area contributed by atoms with E-state index in [0.717, 1.165) is 17.5 Å². The summed E-state index contributed by atoms with van der Waals surface area (Å²) in [7, 11) is 0. The van der Waals surface area contributed by atoms with Crippen molar-refractivity contribution in [2.45, 2.75) is 5.54 Å². The first-order valence-electron chi connectivity index (χ1n) is 8.08. The van der Waals surface area contributed by atoms with Crippen molar-refractivity contribution < 1.29 is 13.9 Å². The van der Waals surface area contributed by atoms with Crippen LogP contribution in [-0.2, 0) is 10.3 Å². The SMILES string of the molecule is NC(=O)c1ncc(F)c(C23COCC2CSCN3)c1-c1ccccc1. The maximum atomic E-state index is 15.1. The lowest BCUT2D eigenvalue weighted by molar-refractivity contribution is 0.0995. The minimum Gasteiger partial charge on any atom is -0.379 e. The quantitative estimate of drug-likeness (QED) is 0.878. The number of thioether (sulfide) groups is 1. The summed E-state index contributed by atoms with van der Waals surface area (Å²) in [4.78, 5) is 16.0. The van der Waals surface area contributed by atoms with Crippen LogP contribution in [0.3, 0.4) is 0 Å². The van der Waals surface area contributed by atoms with Gasteiger partial charge in [-0.1, -0.05) is 30.3 Å². The Morgan fingerprint density at radius 3 is 2.96 bits per heavy atom. The fraction of sp³-hybridized carbons (Fsp3) is 0.333. The van der Waals surface area contributed by atoms with E-state index in [-0.39, 0.29) is 11.6 Å². The maximum absolute atomic E-state index is 15.1. The van der Waals surface area contributed by atoms with E-state index < -0.39 is 17.3 Å². The maximum Gasteiger partial charge on any atom is 0.267 e. The molecule has 2 fully saturated rings. The molecular weight excluding hydrogens is 341 g/mol. The Labute approximate surface area is 149 Å². The van der Waals surface area contributed by atoms with Crippen molar-refractivity contribution in [2.75, 3.05) is 24.8 Å². The van der Waals surface area contributed by atoms with Gasteiger partial charge in [-0.15, -0.1) is 11.8 Å². The van der Waals surface area contributed by atoms with Crippen molar-refractivity contribution in [1.82, 2.24) is 10.3 Å². The Bertz CT molecular complexity index is 817. The van der Waals surface area contributed by atoms with Crippen LogP contribution < -0.4 is 11.1 Å². The van der Waals surface area contributed by atoms with Crippen molar-refractivity contribution in [2.24, 2.45) is 11.7 Å². The zero-order chi connectivity index (χ0) is 17.4. The highest BCUT2D eigenvalue weighted by atomic mass is 32.2. The summed E-state index contributed by atoms with van der Waals surface area (Å²) in [6.07, 6.45) is 1.09. The Morgan fingerprint density at radius 1 is 1.40 bits per heavy atom. The van der Waals surface area contributed by atoms with Crippen LogP contribution in [-0.4, -0.2) is 35.7 Å². The van der Waals surface area contributed by atoms with Crippen molar-refractivity contribution in [1.29, 1.82) is 0 Å². The van der Waals surface area contributed by atoms with Gasteiger partial charge in [0.05, 0.1) is 24.9 Å². The van der Waals surface area contributed by atoms with Crippen molar-refractivity contribution in [3.8, 4) is 11.1 Å². The monoisotopic (exact) mass is 359 g/mol. The fourth-order valence-corrected chi connectivity index (χ4v) is 4.89. The molecular formula is C18H18FN3O2S. The van der Waals surface area contributed by atoms with Crippen LogP contribution >= 0.6 is 11.8 Å². The van der Waals surface area contributed by atoms with E-state index in [9.17, 15) is 4.79 Å². The molecule has 1 amide bonds. The third kappa shape index (κ3) is 2.63. The molecule has 2 aromatic rings. The first-order valence-corrected chi connectivity index (χ1v) is 9.23. The summed E-state index contributed by atoms with van der Waals surface area (Å²) in [6.45, 7) is 0.916. The van der Waals surface area contributed by atoms with Gasteiger partial charge in [-0.25, -0.2) is 9.37 Å². The number of pyridine rings is 1. The largest absolute Gasteiger partial charge is 0.379 e. The van der Waals surface area contributed by atoms with Crippen LogP contribution in [0.5, 0.6) is 0 Å². The number of fused-ring (bicyclic) bond motifs is 1. The second kappa shape index (κ2) is 6.40. The van der Waals surface area contributed by atoms with Crippen molar-refractivity contribution in [3.63, 3.8) is 0 Å². The Kier molecular flexibility index (Phi) is 4.23. The number of amides is 1. The summed E-state index contributed by atoms with van der Waals surface area (Å²) in [5.41, 5.74) is 6.59. The first-order chi connectivity index (χ1) is 12.1. The number of aromatic nitrogens is 1. The number of primary amides is 1. The van der Waals surface area contributed by atoms with Gasteiger partial charge in [0.15, 0.2) is 0 Å². The molecule has 2 atom stereocenters. The third-order valence-corrected chi connectivity index (χ3v) is 5.92. The molecule has 3 heterocycles. The summed E-state index contributed by atoms with van der Waals surface area (Å²) in [5, 5.41) is 3.45. The predicted octanol–water partition coefficient (Wildman–Crippen LogP) is 2.12. The van der Waals surface area contributed by atoms with E-state index in [1.807, 2.05) is 30.3 Å². The van der Waals surface area contributed by atoms with Crippen LogP contribution in [0, 0.1) is 11.7 Å². The zero-order valence-electron chi connectivity index (χ0n) is 13.5. The Morgan fingerprint density at radius 2 is 2.20 bits per heavy atom. The number of benzene rings is 1. The molecule has 2 saturated heterocycles. The van der Waals surface area contributed by atoms with Gasteiger partial charge in [0, 0.05) is 28.7 Å². The van der Waals surface area contributed by atoms with E-state index in [2.05, 4.69) is 10.3 Å². The van der Waals surface area contributed by atoms with Crippen molar-refractivity contribution >= 4 is 17.7 Å². The fourth-order valence-electron chi connectivity index (χ4n) is 3.75. The number of halogens is 1. The number of nitrogens with one attached hydrogen (secondary N) is 1. The summed E-state index contributed by atoms with van der Waals surface area (Å²) in [6, 6.07) is 9.24. The molecule has 0 spiro atoms. The summed E-state index contributed by atoms with van der Waals surface area (Å²) < 4.78 is 20.8. The minimum absolute atomic E-state index is 0.0858. The van der Waals surface area contributed by atoms with E-state index in [1.165, 1.54) is 0 Å². The highest BCUT2D eigenvalue weighted by Crippen LogP contribution is 2.45. The molecule has 1 aromatic carbocycles. The molecule has 5 nitrogen and oxygen atoms in total. The van der Waals surface area contributed by atoms with Gasteiger partial charge in [-0.3, -0.25) is 10.1 Å². The van der Waals surface area contributed by atoms with Gasteiger partial charge < -0.3 is 10.5 Å². The van der Waals surface area contributed by atoms with Gasteiger partial charge in [-0.05, 0) is 5.56 Å². The number of hydrogen-bond acceptors (Lipinski definition) is 5. The average Bonchev–Trinajstić information content (AvgIpc) is 3.06. The minimum atomic E-state index is -0.673. The van der Waals surface area contributed by atoms with Crippen molar-refractivity contribution in [3.05, 3.63) is 53.6 Å². The van der Waals surface area contributed by atoms with Crippen LogP contribution in [0.15, 0.2) is 36.5 Å². The van der Waals surface area contributed by atoms with Gasteiger partial charge in [0.2, 0.25) is 0 Å². The Hall–Kier alpha value is -1.96. The number of carbonyl (C=O) groups excluding carboxylic acids is 1. The molecule has 25 heavy (non-hydrogen) atoms. The first kappa shape index (κ1) is 16.5. The number of rotatable bonds is 3. The summed E-state index contributed by atoms with van der Waals surface area (Å²) in [5.74, 6) is 0.568. The molecule has 0 radical (unpaired) electrons. The highest BCUT2D eigenvalue weighted by molar-refractivity contribution is 7.99. The van der Waals surface area contributed by atoms with Crippen LogP contribution in [0.25, 0.3) is 11.1 Å². The molecule has 7 heteroatoms. The van der Waals surface area contributed by atoms with Gasteiger partial charge in [-0.2, -0.15) is 0 Å². The molecule has 0 bridgehead atoms. The second-order valence-electron chi connectivity index (χ2n) is 6.31.